The van der Waals surface area contributed by atoms with Crippen LogP contribution in [-0.4, -0.2) is 46.3 Å². The van der Waals surface area contributed by atoms with E-state index in [1.807, 2.05) is 49.4 Å². The van der Waals surface area contributed by atoms with Crippen LogP contribution in [0, 0.1) is 6.92 Å². The van der Waals surface area contributed by atoms with Gasteiger partial charge in [-0.1, -0.05) is 62.4 Å². The normalized spacial score (nSPS) is 12.1. The molecule has 1 heterocycles. The third kappa shape index (κ3) is 5.33. The fourth-order valence-electron chi connectivity index (χ4n) is 3.67. The molecule has 0 fully saturated rings. The first kappa shape index (κ1) is 20.8. The first-order valence-electron chi connectivity index (χ1n) is 10.3. The van der Waals surface area contributed by atoms with E-state index in [-0.39, 0.29) is 11.9 Å². The summed E-state index contributed by atoms with van der Waals surface area (Å²) in [7, 11) is 0. The fraction of sp³-hybridized carbons (Fsp3) is 0.333. The summed E-state index contributed by atoms with van der Waals surface area (Å²) in [6, 6.07) is 22.4. The van der Waals surface area contributed by atoms with Crippen LogP contribution in [0.2, 0.25) is 0 Å². The summed E-state index contributed by atoms with van der Waals surface area (Å²) in [5.41, 5.74) is 3.62. The van der Waals surface area contributed by atoms with Crippen molar-refractivity contribution in [2.75, 3.05) is 19.6 Å². The van der Waals surface area contributed by atoms with Crippen molar-refractivity contribution < 1.29 is 4.79 Å². The van der Waals surface area contributed by atoms with Crippen molar-refractivity contribution in [2.45, 2.75) is 33.2 Å². The van der Waals surface area contributed by atoms with Crippen molar-refractivity contribution in [2.24, 2.45) is 0 Å². The first-order valence-corrected chi connectivity index (χ1v) is 10.3. The molecule has 2 aromatic carbocycles. The number of carbonyl (C=O) groups is 1. The molecule has 5 nitrogen and oxygen atoms in total. The van der Waals surface area contributed by atoms with E-state index in [0.717, 1.165) is 30.9 Å². The molecule has 0 bridgehead atoms. The van der Waals surface area contributed by atoms with Gasteiger partial charge >= 0.3 is 0 Å². The van der Waals surface area contributed by atoms with Gasteiger partial charge in [0.05, 0.1) is 5.69 Å². The summed E-state index contributed by atoms with van der Waals surface area (Å²) < 4.78 is 1.81. The molecule has 3 rings (SSSR count). The summed E-state index contributed by atoms with van der Waals surface area (Å²) in [5, 5.41) is 7.62. The van der Waals surface area contributed by atoms with E-state index in [1.165, 1.54) is 5.56 Å². The molecule has 1 atom stereocenters. The molecular formula is C24H30N4O. The van der Waals surface area contributed by atoms with Crippen molar-refractivity contribution in [3.8, 4) is 5.69 Å². The second kappa shape index (κ2) is 10.0. The van der Waals surface area contributed by atoms with Crippen LogP contribution in [0.25, 0.3) is 5.69 Å². The molecule has 1 unspecified atom stereocenters. The first-order chi connectivity index (χ1) is 14.1. The van der Waals surface area contributed by atoms with E-state index in [9.17, 15) is 4.79 Å². The molecule has 0 aliphatic rings. The fourth-order valence-corrected chi connectivity index (χ4v) is 3.67. The van der Waals surface area contributed by atoms with Crippen molar-refractivity contribution in [3.05, 3.63) is 83.7 Å². The van der Waals surface area contributed by atoms with E-state index in [4.69, 9.17) is 0 Å². The number of aromatic nitrogens is 2. The third-order valence-corrected chi connectivity index (χ3v) is 5.26. The number of para-hydroxylation sites is 1. The SMILES string of the molecule is CCN(CC)C(CNC(=O)c1cc(C)n(-c2ccccc2)n1)Cc1ccccc1. The zero-order chi connectivity index (χ0) is 20.6. The maximum Gasteiger partial charge on any atom is 0.271 e. The Balaban J connectivity index is 1.70. The van der Waals surface area contributed by atoms with Crippen LogP contribution in [0.5, 0.6) is 0 Å². The number of aryl methyl sites for hydroxylation is 1. The Labute approximate surface area is 173 Å². The Morgan fingerprint density at radius 3 is 2.28 bits per heavy atom. The number of hydrogen-bond acceptors (Lipinski definition) is 3. The lowest BCUT2D eigenvalue weighted by Crippen LogP contribution is -2.45. The molecule has 1 amide bonds. The summed E-state index contributed by atoms with van der Waals surface area (Å²) in [5.74, 6) is -0.131. The maximum atomic E-state index is 12.8. The summed E-state index contributed by atoms with van der Waals surface area (Å²) >= 11 is 0. The minimum atomic E-state index is -0.131. The van der Waals surface area contributed by atoms with Crippen LogP contribution in [0.3, 0.4) is 0 Å². The second-order valence-electron chi connectivity index (χ2n) is 7.19. The van der Waals surface area contributed by atoms with Crippen molar-refractivity contribution in [1.29, 1.82) is 0 Å². The highest BCUT2D eigenvalue weighted by atomic mass is 16.1. The summed E-state index contributed by atoms with van der Waals surface area (Å²) in [6.45, 7) is 8.77. The minimum absolute atomic E-state index is 0.131. The molecule has 0 radical (unpaired) electrons. The minimum Gasteiger partial charge on any atom is -0.349 e. The average Bonchev–Trinajstić information content (AvgIpc) is 3.15. The topological polar surface area (TPSA) is 50.2 Å². The highest BCUT2D eigenvalue weighted by molar-refractivity contribution is 5.92. The van der Waals surface area contributed by atoms with Gasteiger partial charge in [0.15, 0.2) is 5.69 Å². The number of likely N-dealkylation sites (N-methyl/N-ethyl adjacent to an activating group) is 1. The zero-order valence-electron chi connectivity index (χ0n) is 17.5. The Hall–Kier alpha value is -2.92. The average molecular weight is 391 g/mol. The van der Waals surface area contributed by atoms with Crippen LogP contribution in [-0.2, 0) is 6.42 Å². The van der Waals surface area contributed by atoms with Gasteiger partial charge in [-0.3, -0.25) is 9.69 Å². The molecule has 0 saturated heterocycles. The van der Waals surface area contributed by atoms with E-state index in [0.29, 0.717) is 12.2 Å². The Kier molecular flexibility index (Phi) is 7.19. The lowest BCUT2D eigenvalue weighted by atomic mass is 10.0. The lowest BCUT2D eigenvalue weighted by molar-refractivity contribution is 0.0929. The number of carbonyl (C=O) groups excluding carboxylic acids is 1. The summed E-state index contributed by atoms with van der Waals surface area (Å²) in [6.07, 6.45) is 0.903. The second-order valence-corrected chi connectivity index (χ2v) is 7.19. The van der Waals surface area contributed by atoms with E-state index in [1.54, 1.807) is 4.68 Å². The molecule has 0 saturated carbocycles. The number of nitrogens with zero attached hydrogens (tertiary/aromatic N) is 3. The zero-order valence-corrected chi connectivity index (χ0v) is 17.5. The van der Waals surface area contributed by atoms with Gasteiger partial charge in [0.1, 0.15) is 0 Å². The third-order valence-electron chi connectivity index (χ3n) is 5.26. The van der Waals surface area contributed by atoms with Gasteiger partial charge in [-0.05, 0) is 50.2 Å². The smallest absolute Gasteiger partial charge is 0.271 e. The number of rotatable bonds is 9. The van der Waals surface area contributed by atoms with Crippen LogP contribution in [0.4, 0.5) is 0 Å². The van der Waals surface area contributed by atoms with Crippen LogP contribution >= 0.6 is 0 Å². The molecule has 0 aliphatic carbocycles. The number of nitrogens with one attached hydrogen (secondary N) is 1. The van der Waals surface area contributed by atoms with Gasteiger partial charge in [-0.25, -0.2) is 4.68 Å². The molecule has 0 spiro atoms. The van der Waals surface area contributed by atoms with E-state index in [2.05, 4.69) is 53.4 Å². The number of amides is 1. The predicted molar refractivity (Wildman–Crippen MR) is 117 cm³/mol. The van der Waals surface area contributed by atoms with Gasteiger partial charge in [-0.2, -0.15) is 5.10 Å². The Morgan fingerprint density at radius 2 is 1.66 bits per heavy atom. The van der Waals surface area contributed by atoms with Gasteiger partial charge < -0.3 is 5.32 Å². The highest BCUT2D eigenvalue weighted by Gasteiger charge is 2.19. The molecule has 0 aliphatic heterocycles. The quantitative estimate of drug-likeness (QED) is 0.604. The predicted octanol–water partition coefficient (Wildman–Crippen LogP) is 3.86. The largest absolute Gasteiger partial charge is 0.349 e. The standard InChI is InChI=1S/C24H30N4O/c1-4-27(5-2)22(17-20-12-8-6-9-13-20)18-25-24(29)23-16-19(3)28(26-23)21-14-10-7-11-15-21/h6-16,22H,4-5,17-18H2,1-3H3,(H,25,29). The molecule has 5 heteroatoms. The number of benzene rings is 2. The van der Waals surface area contributed by atoms with Crippen LogP contribution in [0.15, 0.2) is 66.7 Å². The molecule has 29 heavy (non-hydrogen) atoms. The Bertz CT molecular complexity index is 901. The van der Waals surface area contributed by atoms with Gasteiger partial charge in [-0.15, -0.1) is 0 Å². The van der Waals surface area contributed by atoms with Crippen LogP contribution in [0.1, 0.15) is 35.6 Å². The van der Waals surface area contributed by atoms with Crippen molar-refractivity contribution in [1.82, 2.24) is 20.0 Å². The molecule has 1 aromatic heterocycles. The summed E-state index contributed by atoms with van der Waals surface area (Å²) in [4.78, 5) is 15.2. The van der Waals surface area contributed by atoms with E-state index < -0.39 is 0 Å². The lowest BCUT2D eigenvalue weighted by Gasteiger charge is -2.30. The van der Waals surface area contributed by atoms with Gasteiger partial charge in [0.2, 0.25) is 0 Å². The monoisotopic (exact) mass is 390 g/mol. The highest BCUT2D eigenvalue weighted by Crippen LogP contribution is 2.12. The van der Waals surface area contributed by atoms with Crippen molar-refractivity contribution >= 4 is 5.91 Å². The van der Waals surface area contributed by atoms with Crippen LogP contribution < -0.4 is 5.32 Å². The maximum absolute atomic E-state index is 12.8. The molecule has 3 aromatic rings. The Morgan fingerprint density at radius 1 is 1.03 bits per heavy atom. The van der Waals surface area contributed by atoms with Gasteiger partial charge in [0.25, 0.3) is 5.91 Å². The van der Waals surface area contributed by atoms with Gasteiger partial charge in [0, 0.05) is 18.3 Å². The van der Waals surface area contributed by atoms with Crippen molar-refractivity contribution in [3.63, 3.8) is 0 Å². The van der Waals surface area contributed by atoms with E-state index >= 15 is 0 Å². The molecular weight excluding hydrogens is 360 g/mol. The number of hydrogen-bond donors (Lipinski definition) is 1. The molecule has 152 valence electrons. The molecule has 1 N–H and O–H groups in total.